The van der Waals surface area contributed by atoms with Gasteiger partial charge in [0, 0.05) is 4.90 Å². The summed E-state index contributed by atoms with van der Waals surface area (Å²) in [7, 11) is 0. The lowest BCUT2D eigenvalue weighted by Gasteiger charge is -2.22. The van der Waals surface area contributed by atoms with E-state index in [1.807, 2.05) is 6.92 Å². The maximum atomic E-state index is 11.5. The lowest BCUT2D eigenvalue weighted by atomic mass is 10.1. The van der Waals surface area contributed by atoms with E-state index >= 15 is 0 Å². The van der Waals surface area contributed by atoms with Crippen molar-refractivity contribution in [1.29, 1.82) is 0 Å². The molecule has 0 saturated heterocycles. The van der Waals surface area contributed by atoms with Crippen LogP contribution in [0, 0.1) is 0 Å². The van der Waals surface area contributed by atoms with Gasteiger partial charge in [0.25, 0.3) is 0 Å². The fraction of sp³-hybridized carbons (Fsp3) is 0.333. The van der Waals surface area contributed by atoms with E-state index in [4.69, 9.17) is 5.11 Å². The van der Waals surface area contributed by atoms with Gasteiger partial charge in [0.2, 0.25) is 5.91 Å². The zero-order valence-electron chi connectivity index (χ0n) is 9.71. The Morgan fingerprint density at radius 1 is 1.56 bits per heavy atom. The summed E-state index contributed by atoms with van der Waals surface area (Å²) in [6, 6.07) is 5.10. The molecule has 2 rings (SSSR count). The van der Waals surface area contributed by atoms with Crippen LogP contribution in [0.3, 0.4) is 0 Å². The Morgan fingerprint density at radius 2 is 2.28 bits per heavy atom. The van der Waals surface area contributed by atoms with Crippen LogP contribution in [0.15, 0.2) is 23.1 Å². The molecule has 0 saturated carbocycles. The molecule has 1 aliphatic rings. The van der Waals surface area contributed by atoms with Gasteiger partial charge in [-0.15, -0.1) is 11.8 Å². The normalized spacial score (nSPS) is 19.9. The predicted octanol–water partition coefficient (Wildman–Crippen LogP) is 1.63. The number of aliphatic carboxylic acids is 1. The topological polar surface area (TPSA) is 86.6 Å². The average molecular weight is 267 g/mol. The van der Waals surface area contributed by atoms with Crippen LogP contribution in [0.4, 0.5) is 5.69 Å². The number of rotatable bonds is 3. The SMILES string of the molecule is CC1Sc2ccc(C(O)CC(=O)O)cc2NC1=O. The number of carboxylic acids is 1. The van der Waals surface area contributed by atoms with Crippen LogP contribution in [0.2, 0.25) is 0 Å². The maximum Gasteiger partial charge on any atom is 0.306 e. The van der Waals surface area contributed by atoms with Gasteiger partial charge in [-0.05, 0) is 24.6 Å². The highest BCUT2D eigenvalue weighted by Gasteiger charge is 2.24. The summed E-state index contributed by atoms with van der Waals surface area (Å²) in [5, 5.41) is 20.9. The monoisotopic (exact) mass is 267 g/mol. The van der Waals surface area contributed by atoms with Crippen LogP contribution in [0.25, 0.3) is 0 Å². The number of carbonyl (C=O) groups excluding carboxylic acids is 1. The Bertz CT molecular complexity index is 503. The second-order valence-corrected chi connectivity index (χ2v) is 5.50. The van der Waals surface area contributed by atoms with Crippen LogP contribution in [0.5, 0.6) is 0 Å². The summed E-state index contributed by atoms with van der Waals surface area (Å²) in [6.45, 7) is 1.82. The minimum atomic E-state index is -1.06. The summed E-state index contributed by atoms with van der Waals surface area (Å²) in [6.07, 6.45) is -1.41. The minimum absolute atomic E-state index is 0.0858. The largest absolute Gasteiger partial charge is 0.481 e. The Balaban J connectivity index is 2.24. The fourth-order valence-electron chi connectivity index (χ4n) is 1.72. The average Bonchev–Trinajstić information content (AvgIpc) is 2.29. The van der Waals surface area contributed by atoms with Crippen molar-refractivity contribution in [1.82, 2.24) is 0 Å². The zero-order valence-corrected chi connectivity index (χ0v) is 10.5. The number of amides is 1. The maximum absolute atomic E-state index is 11.5. The summed E-state index contributed by atoms with van der Waals surface area (Å²) in [5.74, 6) is -1.15. The number of thioether (sulfide) groups is 1. The Morgan fingerprint density at radius 3 is 2.94 bits per heavy atom. The van der Waals surface area contributed by atoms with Gasteiger partial charge in [-0.2, -0.15) is 0 Å². The van der Waals surface area contributed by atoms with Crippen molar-refractivity contribution in [2.24, 2.45) is 0 Å². The van der Waals surface area contributed by atoms with Crippen LogP contribution >= 0.6 is 11.8 Å². The van der Waals surface area contributed by atoms with E-state index in [0.29, 0.717) is 11.3 Å². The van der Waals surface area contributed by atoms with Crippen molar-refractivity contribution in [2.75, 3.05) is 5.32 Å². The van der Waals surface area contributed by atoms with E-state index in [9.17, 15) is 14.7 Å². The number of carboxylic acid groups (broad SMARTS) is 1. The van der Waals surface area contributed by atoms with Gasteiger partial charge in [-0.3, -0.25) is 9.59 Å². The highest BCUT2D eigenvalue weighted by atomic mass is 32.2. The number of nitrogens with one attached hydrogen (secondary N) is 1. The second-order valence-electron chi connectivity index (χ2n) is 4.12. The minimum Gasteiger partial charge on any atom is -0.481 e. The molecule has 0 spiro atoms. The van der Waals surface area contributed by atoms with E-state index < -0.39 is 12.1 Å². The molecule has 5 nitrogen and oxygen atoms in total. The number of hydrogen-bond donors (Lipinski definition) is 3. The van der Waals surface area contributed by atoms with Gasteiger partial charge in [-0.25, -0.2) is 0 Å². The van der Waals surface area contributed by atoms with Gasteiger partial charge >= 0.3 is 5.97 Å². The van der Waals surface area contributed by atoms with Crippen molar-refractivity contribution in [3.63, 3.8) is 0 Å². The molecule has 2 atom stereocenters. The van der Waals surface area contributed by atoms with Gasteiger partial charge in [-0.1, -0.05) is 6.07 Å². The molecule has 0 fully saturated rings. The van der Waals surface area contributed by atoms with Crippen molar-refractivity contribution in [2.45, 2.75) is 29.6 Å². The predicted molar refractivity (Wildman–Crippen MR) is 67.6 cm³/mol. The molecule has 1 heterocycles. The number of aliphatic hydroxyl groups excluding tert-OH is 1. The van der Waals surface area contributed by atoms with E-state index in [2.05, 4.69) is 5.32 Å². The Labute approximate surface area is 108 Å². The second kappa shape index (κ2) is 4.99. The number of hydrogen-bond acceptors (Lipinski definition) is 4. The fourth-order valence-corrected chi connectivity index (χ4v) is 2.65. The molecule has 0 aromatic heterocycles. The molecule has 96 valence electrons. The molecule has 0 radical (unpaired) electrons. The molecule has 18 heavy (non-hydrogen) atoms. The highest BCUT2D eigenvalue weighted by molar-refractivity contribution is 8.00. The highest BCUT2D eigenvalue weighted by Crippen LogP contribution is 2.37. The first-order valence-corrected chi connectivity index (χ1v) is 6.36. The molecule has 3 N–H and O–H groups in total. The zero-order chi connectivity index (χ0) is 13.3. The van der Waals surface area contributed by atoms with Crippen LogP contribution in [-0.2, 0) is 9.59 Å². The van der Waals surface area contributed by atoms with Gasteiger partial charge in [0.1, 0.15) is 0 Å². The number of benzene rings is 1. The molecule has 0 aliphatic carbocycles. The smallest absolute Gasteiger partial charge is 0.306 e. The molecule has 6 heteroatoms. The van der Waals surface area contributed by atoms with Crippen molar-refractivity contribution in [3.05, 3.63) is 23.8 Å². The third-order valence-corrected chi connectivity index (χ3v) is 3.86. The van der Waals surface area contributed by atoms with E-state index in [1.165, 1.54) is 11.8 Å². The lowest BCUT2D eigenvalue weighted by molar-refractivity contribution is -0.139. The van der Waals surface area contributed by atoms with Crippen molar-refractivity contribution >= 4 is 29.3 Å². The molecular formula is C12H13NO4S. The summed E-state index contributed by atoms with van der Waals surface area (Å²) < 4.78 is 0. The molecule has 0 bridgehead atoms. The lowest BCUT2D eigenvalue weighted by Crippen LogP contribution is -2.26. The van der Waals surface area contributed by atoms with Crippen LogP contribution in [-0.4, -0.2) is 27.3 Å². The third-order valence-electron chi connectivity index (χ3n) is 2.69. The van der Waals surface area contributed by atoms with Gasteiger partial charge in [0.05, 0.1) is 23.5 Å². The van der Waals surface area contributed by atoms with E-state index in [1.54, 1.807) is 18.2 Å². The van der Waals surface area contributed by atoms with Crippen molar-refractivity contribution < 1.29 is 19.8 Å². The Kier molecular flexibility index (Phi) is 3.58. The van der Waals surface area contributed by atoms with Gasteiger partial charge < -0.3 is 15.5 Å². The number of fused-ring (bicyclic) bond motifs is 1. The first-order valence-electron chi connectivity index (χ1n) is 5.48. The molecule has 1 aliphatic heterocycles. The van der Waals surface area contributed by atoms with Crippen molar-refractivity contribution in [3.8, 4) is 0 Å². The molecule has 2 unspecified atom stereocenters. The van der Waals surface area contributed by atoms with Crippen LogP contribution in [0.1, 0.15) is 25.0 Å². The Hall–Kier alpha value is -1.53. The first kappa shape index (κ1) is 12.9. The van der Waals surface area contributed by atoms with Crippen LogP contribution < -0.4 is 5.32 Å². The summed E-state index contributed by atoms with van der Waals surface area (Å²) in [4.78, 5) is 23.0. The molecule has 1 aromatic rings. The molecule has 1 amide bonds. The summed E-state index contributed by atoms with van der Waals surface area (Å²) >= 11 is 1.44. The number of anilines is 1. The standard InChI is InChI=1S/C12H13NO4S/c1-6-12(17)13-8-4-7(2-3-10(8)18-6)9(14)5-11(15)16/h2-4,6,9,14H,5H2,1H3,(H,13,17)(H,15,16). The van der Waals surface area contributed by atoms with E-state index in [0.717, 1.165) is 4.90 Å². The van der Waals surface area contributed by atoms with E-state index in [-0.39, 0.29) is 17.6 Å². The third kappa shape index (κ3) is 2.65. The molecular weight excluding hydrogens is 254 g/mol. The quantitative estimate of drug-likeness (QED) is 0.774. The number of carbonyl (C=O) groups is 2. The molecule has 1 aromatic carbocycles. The first-order chi connectivity index (χ1) is 8.47. The number of aliphatic hydroxyl groups is 1. The summed E-state index contributed by atoms with van der Waals surface area (Å²) in [5.41, 5.74) is 1.12. The van der Waals surface area contributed by atoms with Gasteiger partial charge in [0.15, 0.2) is 0 Å².